The highest BCUT2D eigenvalue weighted by atomic mass is 16.6. The summed E-state index contributed by atoms with van der Waals surface area (Å²) in [5, 5.41) is 20.6. The molecule has 2 aromatic rings. The lowest BCUT2D eigenvalue weighted by molar-refractivity contribution is -0.384. The summed E-state index contributed by atoms with van der Waals surface area (Å²) in [4.78, 5) is 22.5. The Kier molecular flexibility index (Phi) is 3.90. The molecule has 0 spiro atoms. The second-order valence-electron chi connectivity index (χ2n) is 5.18. The van der Waals surface area contributed by atoms with Gasteiger partial charge in [-0.2, -0.15) is 5.10 Å². The van der Waals surface area contributed by atoms with E-state index < -0.39 is 10.5 Å². The third kappa shape index (κ3) is 3.00. The van der Waals surface area contributed by atoms with Crippen LogP contribution in [0.2, 0.25) is 0 Å². The van der Waals surface area contributed by atoms with E-state index in [-0.39, 0.29) is 17.4 Å². The maximum atomic E-state index is 12.2. The molecule has 8 nitrogen and oxygen atoms in total. The smallest absolute Gasteiger partial charge is 0.270 e. The normalized spacial score (nSPS) is 13.9. The van der Waals surface area contributed by atoms with Crippen LogP contribution in [0.3, 0.4) is 0 Å². The Hall–Kier alpha value is -2.48. The summed E-state index contributed by atoms with van der Waals surface area (Å²) in [6.07, 6.45) is 1.30. The molecule has 1 unspecified atom stereocenters. The quantitative estimate of drug-likeness (QED) is 0.573. The summed E-state index contributed by atoms with van der Waals surface area (Å²) in [7, 11) is 0. The minimum absolute atomic E-state index is 0.0662. The van der Waals surface area contributed by atoms with Crippen molar-refractivity contribution < 1.29 is 9.72 Å². The van der Waals surface area contributed by atoms with E-state index >= 15 is 0 Å². The number of nitro benzene ring substituents is 1. The molecule has 0 radical (unpaired) electrons. The van der Waals surface area contributed by atoms with E-state index in [1.807, 2.05) is 6.92 Å². The number of aromatic nitrogens is 2. The lowest BCUT2D eigenvalue weighted by Gasteiger charge is -2.22. The number of hydrogen-bond donors (Lipinski definition) is 3. The van der Waals surface area contributed by atoms with Gasteiger partial charge in [0.25, 0.3) is 5.69 Å². The number of fused-ring (bicyclic) bond motifs is 1. The molecule has 2 rings (SSSR count). The van der Waals surface area contributed by atoms with Crippen molar-refractivity contribution in [3.8, 4) is 0 Å². The number of non-ortho nitro benzene ring substituents is 1. The van der Waals surface area contributed by atoms with Crippen LogP contribution in [0, 0.1) is 10.1 Å². The molecule has 112 valence electrons. The van der Waals surface area contributed by atoms with E-state index in [1.54, 1.807) is 13.0 Å². The van der Waals surface area contributed by atoms with Crippen molar-refractivity contribution in [2.45, 2.75) is 32.2 Å². The number of carbonyl (C=O) groups is 1. The first-order valence-corrected chi connectivity index (χ1v) is 6.58. The summed E-state index contributed by atoms with van der Waals surface area (Å²) in [6.45, 7) is 3.58. The van der Waals surface area contributed by atoms with E-state index in [1.165, 1.54) is 12.1 Å². The molecule has 21 heavy (non-hydrogen) atoms. The van der Waals surface area contributed by atoms with E-state index in [4.69, 9.17) is 5.73 Å². The van der Waals surface area contributed by atoms with Gasteiger partial charge in [0.2, 0.25) is 5.91 Å². The van der Waals surface area contributed by atoms with Crippen LogP contribution in [0.1, 0.15) is 26.7 Å². The molecule has 0 aliphatic rings. The van der Waals surface area contributed by atoms with Crippen molar-refractivity contribution in [1.82, 2.24) is 10.2 Å². The second-order valence-corrected chi connectivity index (χ2v) is 5.18. The molecule has 0 aliphatic heterocycles. The average Bonchev–Trinajstić information content (AvgIpc) is 2.81. The number of nitrogens with zero attached hydrogens (tertiary/aromatic N) is 2. The first-order chi connectivity index (χ1) is 9.85. The number of benzene rings is 1. The molecule has 1 amide bonds. The third-order valence-corrected chi connectivity index (χ3v) is 3.28. The number of nitro groups is 1. The Bertz CT molecular complexity index is 692. The number of amides is 1. The molecule has 1 atom stereocenters. The molecule has 0 fully saturated rings. The minimum atomic E-state index is -1.01. The van der Waals surface area contributed by atoms with Crippen LogP contribution in [-0.4, -0.2) is 26.6 Å². The molecule has 1 aromatic heterocycles. The number of aromatic amines is 1. The fourth-order valence-electron chi connectivity index (χ4n) is 2.09. The standard InChI is InChI=1S/C13H17N5O3/c1-3-6-13(2,14)12(19)15-11-9-7-8(18(20)21)4-5-10(9)16-17-11/h4-5,7H,3,6,14H2,1-2H3,(H2,15,16,17,19). The highest BCUT2D eigenvalue weighted by molar-refractivity contribution is 6.03. The molecule has 0 saturated carbocycles. The van der Waals surface area contributed by atoms with E-state index in [0.717, 1.165) is 6.42 Å². The lowest BCUT2D eigenvalue weighted by Crippen LogP contribution is -2.48. The van der Waals surface area contributed by atoms with Gasteiger partial charge in [-0.3, -0.25) is 20.0 Å². The van der Waals surface area contributed by atoms with Crippen molar-refractivity contribution in [1.29, 1.82) is 0 Å². The van der Waals surface area contributed by atoms with Crippen molar-refractivity contribution in [3.05, 3.63) is 28.3 Å². The second kappa shape index (κ2) is 5.49. The number of hydrogen-bond acceptors (Lipinski definition) is 5. The van der Waals surface area contributed by atoms with Gasteiger partial charge in [-0.15, -0.1) is 0 Å². The fourth-order valence-corrected chi connectivity index (χ4v) is 2.09. The number of rotatable bonds is 5. The highest BCUT2D eigenvalue weighted by Crippen LogP contribution is 2.25. The first-order valence-electron chi connectivity index (χ1n) is 6.58. The largest absolute Gasteiger partial charge is 0.318 e. The van der Waals surface area contributed by atoms with Gasteiger partial charge in [-0.1, -0.05) is 13.3 Å². The first kappa shape index (κ1) is 14.9. The topological polar surface area (TPSA) is 127 Å². The minimum Gasteiger partial charge on any atom is -0.318 e. The third-order valence-electron chi connectivity index (χ3n) is 3.28. The van der Waals surface area contributed by atoms with Gasteiger partial charge >= 0.3 is 0 Å². The predicted octanol–water partition coefficient (Wildman–Crippen LogP) is 1.93. The van der Waals surface area contributed by atoms with Crippen LogP contribution in [0.4, 0.5) is 11.5 Å². The molecule has 0 aliphatic carbocycles. The molecule has 1 aromatic carbocycles. The van der Waals surface area contributed by atoms with Crippen molar-refractivity contribution >= 4 is 28.3 Å². The number of nitrogens with one attached hydrogen (secondary N) is 2. The zero-order valence-corrected chi connectivity index (χ0v) is 11.8. The van der Waals surface area contributed by atoms with Gasteiger partial charge in [0.15, 0.2) is 5.82 Å². The molecule has 8 heteroatoms. The Morgan fingerprint density at radius 1 is 1.57 bits per heavy atom. The fraction of sp³-hybridized carbons (Fsp3) is 0.385. The number of anilines is 1. The summed E-state index contributed by atoms with van der Waals surface area (Å²) in [5.74, 6) is -0.129. The SMILES string of the molecule is CCCC(C)(N)C(=O)Nc1n[nH]c2ccc([N+](=O)[O-])cc12. The predicted molar refractivity (Wildman–Crippen MR) is 78.9 cm³/mol. The van der Waals surface area contributed by atoms with Crippen LogP contribution in [0.25, 0.3) is 10.9 Å². The van der Waals surface area contributed by atoms with Crippen molar-refractivity contribution in [3.63, 3.8) is 0 Å². The van der Waals surface area contributed by atoms with Crippen LogP contribution in [-0.2, 0) is 4.79 Å². The summed E-state index contributed by atoms with van der Waals surface area (Å²) in [6, 6.07) is 4.28. The van der Waals surface area contributed by atoms with Gasteiger partial charge in [-0.25, -0.2) is 0 Å². The summed E-state index contributed by atoms with van der Waals surface area (Å²) in [5.41, 5.74) is 5.47. The Labute approximate surface area is 120 Å². The van der Waals surface area contributed by atoms with Gasteiger partial charge in [0, 0.05) is 12.1 Å². The maximum Gasteiger partial charge on any atom is 0.270 e. The highest BCUT2D eigenvalue weighted by Gasteiger charge is 2.28. The molecular formula is C13H17N5O3. The number of nitrogens with two attached hydrogens (primary N) is 1. The van der Waals surface area contributed by atoms with Gasteiger partial charge in [0.1, 0.15) is 0 Å². The van der Waals surface area contributed by atoms with Crippen molar-refractivity contribution in [2.75, 3.05) is 5.32 Å². The maximum absolute atomic E-state index is 12.2. The zero-order chi connectivity index (χ0) is 15.6. The van der Waals surface area contributed by atoms with Gasteiger partial charge in [-0.05, 0) is 19.4 Å². The van der Waals surface area contributed by atoms with E-state index in [9.17, 15) is 14.9 Å². The summed E-state index contributed by atoms with van der Waals surface area (Å²) < 4.78 is 0. The van der Waals surface area contributed by atoms with Crippen LogP contribution >= 0.6 is 0 Å². The zero-order valence-electron chi connectivity index (χ0n) is 11.8. The molecule has 0 bridgehead atoms. The van der Waals surface area contributed by atoms with Crippen molar-refractivity contribution in [2.24, 2.45) is 5.73 Å². The molecule has 0 saturated heterocycles. The van der Waals surface area contributed by atoms with E-state index in [0.29, 0.717) is 17.3 Å². The summed E-state index contributed by atoms with van der Waals surface area (Å²) >= 11 is 0. The average molecular weight is 291 g/mol. The lowest BCUT2D eigenvalue weighted by atomic mass is 9.96. The van der Waals surface area contributed by atoms with Gasteiger partial charge in [0.05, 0.1) is 21.4 Å². The monoisotopic (exact) mass is 291 g/mol. The van der Waals surface area contributed by atoms with Gasteiger partial charge < -0.3 is 11.1 Å². The van der Waals surface area contributed by atoms with Crippen LogP contribution in [0.15, 0.2) is 18.2 Å². The Morgan fingerprint density at radius 2 is 2.29 bits per heavy atom. The van der Waals surface area contributed by atoms with Crippen LogP contribution in [0.5, 0.6) is 0 Å². The molecule has 1 heterocycles. The Balaban J connectivity index is 2.32. The molecule has 4 N–H and O–H groups in total. The number of H-pyrrole nitrogens is 1. The Morgan fingerprint density at radius 3 is 2.90 bits per heavy atom. The van der Waals surface area contributed by atoms with Crippen LogP contribution < -0.4 is 11.1 Å². The van der Waals surface area contributed by atoms with E-state index in [2.05, 4.69) is 15.5 Å². The molecular weight excluding hydrogens is 274 g/mol. The number of carbonyl (C=O) groups excluding carboxylic acids is 1.